The predicted octanol–water partition coefficient (Wildman–Crippen LogP) is 2.27. The minimum Gasteiger partial charge on any atom is -0.480 e. The Morgan fingerprint density at radius 1 is 1.11 bits per heavy atom. The quantitative estimate of drug-likeness (QED) is 0.615. The van der Waals surface area contributed by atoms with Crippen LogP contribution in [0.4, 0.5) is 0 Å². The molecule has 0 aliphatic carbocycles. The number of carbonyl (C=O) groups is 2. The van der Waals surface area contributed by atoms with E-state index in [1.807, 2.05) is 59.2 Å². The Morgan fingerprint density at radius 3 is 2.64 bits per heavy atom. The fraction of sp³-hybridized carbons (Fsp3) is 0.273. The largest absolute Gasteiger partial charge is 0.480 e. The molecule has 1 aliphatic heterocycles. The standard InChI is InChI=1S/C22H23N3O3/c26-19(27)14-25-17-9-5-4-8-16(17)20-18(25)11-13-23-21(20)22(28)24-12-10-15-6-2-1-3-7-15/h1-9,21,23H,10-14H2,(H,24,28)(H,26,27). The van der Waals surface area contributed by atoms with Crippen molar-refractivity contribution in [1.82, 2.24) is 15.2 Å². The van der Waals surface area contributed by atoms with Gasteiger partial charge in [0.05, 0.1) is 0 Å². The molecule has 1 unspecified atom stereocenters. The Kier molecular flexibility index (Phi) is 5.12. The van der Waals surface area contributed by atoms with Crippen LogP contribution in [0, 0.1) is 0 Å². The second kappa shape index (κ2) is 7.86. The molecule has 0 bridgehead atoms. The van der Waals surface area contributed by atoms with Crippen molar-refractivity contribution in [3.63, 3.8) is 0 Å². The van der Waals surface area contributed by atoms with Gasteiger partial charge in [0.15, 0.2) is 0 Å². The summed E-state index contributed by atoms with van der Waals surface area (Å²) in [7, 11) is 0. The van der Waals surface area contributed by atoms with Crippen LogP contribution in [0.25, 0.3) is 10.9 Å². The first kappa shape index (κ1) is 18.3. The Balaban J connectivity index is 1.59. The number of nitrogens with one attached hydrogen (secondary N) is 2. The molecule has 1 atom stereocenters. The molecule has 0 spiro atoms. The number of nitrogens with zero attached hydrogens (tertiary/aromatic N) is 1. The highest BCUT2D eigenvalue weighted by atomic mass is 16.4. The number of aliphatic carboxylic acids is 1. The zero-order valence-electron chi connectivity index (χ0n) is 15.5. The average Bonchev–Trinajstić information content (AvgIpc) is 3.02. The van der Waals surface area contributed by atoms with E-state index in [9.17, 15) is 14.7 Å². The first-order valence-corrected chi connectivity index (χ1v) is 9.52. The minimum atomic E-state index is -0.883. The van der Waals surface area contributed by atoms with Crippen LogP contribution in [-0.2, 0) is 29.0 Å². The van der Waals surface area contributed by atoms with Gasteiger partial charge >= 0.3 is 5.97 Å². The van der Waals surface area contributed by atoms with Gasteiger partial charge in [-0.1, -0.05) is 48.5 Å². The van der Waals surface area contributed by atoms with Crippen molar-refractivity contribution < 1.29 is 14.7 Å². The number of hydrogen-bond donors (Lipinski definition) is 3. The molecular weight excluding hydrogens is 354 g/mol. The highest BCUT2D eigenvalue weighted by Gasteiger charge is 2.31. The molecule has 6 nitrogen and oxygen atoms in total. The average molecular weight is 377 g/mol. The molecule has 1 aromatic heterocycles. The number of amides is 1. The van der Waals surface area contributed by atoms with Gasteiger partial charge in [-0.2, -0.15) is 0 Å². The predicted molar refractivity (Wildman–Crippen MR) is 107 cm³/mol. The number of para-hydroxylation sites is 1. The number of aromatic nitrogens is 1. The van der Waals surface area contributed by atoms with Crippen LogP contribution in [0.5, 0.6) is 0 Å². The lowest BCUT2D eigenvalue weighted by Crippen LogP contribution is -2.42. The molecule has 28 heavy (non-hydrogen) atoms. The van der Waals surface area contributed by atoms with E-state index in [0.29, 0.717) is 19.5 Å². The first-order valence-electron chi connectivity index (χ1n) is 9.52. The number of carboxylic acid groups (broad SMARTS) is 1. The van der Waals surface area contributed by atoms with E-state index in [0.717, 1.165) is 28.6 Å². The summed E-state index contributed by atoms with van der Waals surface area (Å²) in [5, 5.41) is 16.6. The zero-order chi connectivity index (χ0) is 19.5. The number of fused-ring (bicyclic) bond motifs is 3. The Bertz CT molecular complexity index is 1010. The van der Waals surface area contributed by atoms with E-state index in [-0.39, 0.29) is 12.5 Å². The van der Waals surface area contributed by atoms with Crippen molar-refractivity contribution >= 4 is 22.8 Å². The second-order valence-electron chi connectivity index (χ2n) is 7.02. The van der Waals surface area contributed by atoms with Gasteiger partial charge in [-0.05, 0) is 18.1 Å². The van der Waals surface area contributed by atoms with E-state index >= 15 is 0 Å². The molecule has 0 saturated heterocycles. The van der Waals surface area contributed by atoms with E-state index in [4.69, 9.17) is 0 Å². The summed E-state index contributed by atoms with van der Waals surface area (Å²) >= 11 is 0. The second-order valence-corrected chi connectivity index (χ2v) is 7.02. The molecule has 4 rings (SSSR count). The topological polar surface area (TPSA) is 83.4 Å². The Labute approximate surface area is 163 Å². The summed E-state index contributed by atoms with van der Waals surface area (Å²) < 4.78 is 1.83. The molecule has 2 aromatic carbocycles. The van der Waals surface area contributed by atoms with Crippen LogP contribution < -0.4 is 10.6 Å². The highest BCUT2D eigenvalue weighted by molar-refractivity contribution is 5.94. The van der Waals surface area contributed by atoms with Gasteiger partial charge in [0.2, 0.25) is 5.91 Å². The fourth-order valence-corrected chi connectivity index (χ4v) is 4.03. The monoisotopic (exact) mass is 377 g/mol. The number of carbonyl (C=O) groups excluding carboxylic acids is 1. The van der Waals surface area contributed by atoms with Crippen molar-refractivity contribution in [3.8, 4) is 0 Å². The van der Waals surface area contributed by atoms with E-state index in [1.165, 1.54) is 5.56 Å². The molecule has 0 fully saturated rings. The summed E-state index contributed by atoms with van der Waals surface area (Å²) in [6, 6.07) is 17.3. The van der Waals surface area contributed by atoms with Crippen LogP contribution >= 0.6 is 0 Å². The smallest absolute Gasteiger partial charge is 0.323 e. The van der Waals surface area contributed by atoms with Crippen LogP contribution in [0.2, 0.25) is 0 Å². The van der Waals surface area contributed by atoms with Crippen LogP contribution in [0.1, 0.15) is 22.9 Å². The lowest BCUT2D eigenvalue weighted by atomic mass is 9.97. The molecule has 0 saturated carbocycles. The summed E-state index contributed by atoms with van der Waals surface area (Å²) in [6.07, 6.45) is 1.47. The van der Waals surface area contributed by atoms with Crippen LogP contribution in [-0.4, -0.2) is 34.6 Å². The lowest BCUT2D eigenvalue weighted by Gasteiger charge is -2.25. The van der Waals surface area contributed by atoms with E-state index in [2.05, 4.69) is 10.6 Å². The van der Waals surface area contributed by atoms with Crippen molar-refractivity contribution in [3.05, 3.63) is 71.4 Å². The van der Waals surface area contributed by atoms with Gasteiger partial charge in [-0.25, -0.2) is 0 Å². The third kappa shape index (κ3) is 3.51. The van der Waals surface area contributed by atoms with Gasteiger partial charge in [-0.15, -0.1) is 0 Å². The minimum absolute atomic E-state index is 0.0740. The van der Waals surface area contributed by atoms with E-state index in [1.54, 1.807) is 0 Å². The molecule has 1 aliphatic rings. The van der Waals surface area contributed by atoms with Crippen molar-refractivity contribution in [2.45, 2.75) is 25.4 Å². The first-order chi connectivity index (χ1) is 13.6. The Morgan fingerprint density at radius 2 is 1.86 bits per heavy atom. The maximum absolute atomic E-state index is 12.9. The SMILES string of the molecule is O=C(O)Cn1c2c(c3ccccc31)C(C(=O)NCCc1ccccc1)NCC2. The van der Waals surface area contributed by atoms with Crippen LogP contribution in [0.15, 0.2) is 54.6 Å². The maximum Gasteiger partial charge on any atom is 0.323 e. The van der Waals surface area contributed by atoms with Gasteiger partial charge in [0, 0.05) is 41.7 Å². The normalized spacial score (nSPS) is 15.9. The molecule has 1 amide bonds. The highest BCUT2D eigenvalue weighted by Crippen LogP contribution is 2.34. The number of benzene rings is 2. The molecule has 0 radical (unpaired) electrons. The molecule has 3 aromatic rings. The number of hydrogen-bond acceptors (Lipinski definition) is 3. The third-order valence-corrected chi connectivity index (χ3v) is 5.23. The summed E-state index contributed by atoms with van der Waals surface area (Å²) in [4.78, 5) is 24.3. The van der Waals surface area contributed by atoms with Gasteiger partial charge in [0.1, 0.15) is 12.6 Å². The molecule has 6 heteroatoms. The Hall–Kier alpha value is -3.12. The van der Waals surface area contributed by atoms with Gasteiger partial charge < -0.3 is 20.3 Å². The van der Waals surface area contributed by atoms with Crippen molar-refractivity contribution in [2.75, 3.05) is 13.1 Å². The number of rotatable bonds is 6. The van der Waals surface area contributed by atoms with Crippen LogP contribution in [0.3, 0.4) is 0 Å². The van der Waals surface area contributed by atoms with Gasteiger partial charge in [0.25, 0.3) is 0 Å². The zero-order valence-corrected chi connectivity index (χ0v) is 15.5. The lowest BCUT2D eigenvalue weighted by molar-refractivity contribution is -0.137. The van der Waals surface area contributed by atoms with Crippen molar-refractivity contribution in [1.29, 1.82) is 0 Å². The van der Waals surface area contributed by atoms with Gasteiger partial charge in [-0.3, -0.25) is 9.59 Å². The summed E-state index contributed by atoms with van der Waals surface area (Å²) in [5.41, 5.74) is 3.88. The summed E-state index contributed by atoms with van der Waals surface area (Å²) in [6.45, 7) is 1.10. The maximum atomic E-state index is 12.9. The molecular formula is C22H23N3O3. The van der Waals surface area contributed by atoms with E-state index < -0.39 is 12.0 Å². The third-order valence-electron chi connectivity index (χ3n) is 5.23. The summed E-state index contributed by atoms with van der Waals surface area (Å²) in [5.74, 6) is -0.957. The van der Waals surface area contributed by atoms with Crippen molar-refractivity contribution in [2.24, 2.45) is 0 Å². The molecule has 144 valence electrons. The molecule has 3 N–H and O–H groups in total. The fourth-order valence-electron chi connectivity index (χ4n) is 4.03. The number of carboxylic acids is 1. The molecule has 2 heterocycles.